The zero-order chi connectivity index (χ0) is 17.6. The highest BCUT2D eigenvalue weighted by molar-refractivity contribution is 5.89. The van der Waals surface area contributed by atoms with Crippen molar-refractivity contribution in [2.24, 2.45) is 5.92 Å². The van der Waals surface area contributed by atoms with Crippen molar-refractivity contribution in [1.82, 2.24) is 15.1 Å². The summed E-state index contributed by atoms with van der Waals surface area (Å²) in [4.78, 5) is 17.0. The number of ether oxygens (including phenoxy) is 1. The molecule has 1 aromatic rings. The monoisotopic (exact) mass is 346 g/mol. The van der Waals surface area contributed by atoms with Crippen LogP contribution in [0.25, 0.3) is 0 Å². The van der Waals surface area contributed by atoms with Gasteiger partial charge in [0.15, 0.2) is 0 Å². The van der Waals surface area contributed by atoms with Crippen LogP contribution in [0, 0.1) is 5.92 Å². The minimum absolute atomic E-state index is 0.137. The van der Waals surface area contributed by atoms with E-state index in [0.29, 0.717) is 12.5 Å². The van der Waals surface area contributed by atoms with Crippen LogP contribution in [-0.4, -0.2) is 68.8 Å². The van der Waals surface area contributed by atoms with Crippen molar-refractivity contribution in [2.45, 2.75) is 19.8 Å². The van der Waals surface area contributed by atoms with Gasteiger partial charge in [-0.2, -0.15) is 0 Å². The maximum absolute atomic E-state index is 12.1. The highest BCUT2D eigenvalue weighted by Crippen LogP contribution is 2.27. The summed E-state index contributed by atoms with van der Waals surface area (Å²) in [6, 6.07) is 5.72. The SMILES string of the molecule is C[C@@H](CNC(=O)Nc1ccc2c(c1)CCCO2)CN1CCN(C)CC1. The van der Waals surface area contributed by atoms with Gasteiger partial charge in [0.25, 0.3) is 0 Å². The number of amides is 2. The Morgan fingerprint density at radius 1 is 1.28 bits per heavy atom. The van der Waals surface area contributed by atoms with Gasteiger partial charge < -0.3 is 25.2 Å². The van der Waals surface area contributed by atoms with E-state index < -0.39 is 0 Å². The third-order valence-electron chi connectivity index (χ3n) is 4.94. The van der Waals surface area contributed by atoms with Crippen LogP contribution in [0.15, 0.2) is 18.2 Å². The molecule has 6 heteroatoms. The van der Waals surface area contributed by atoms with E-state index in [-0.39, 0.29) is 6.03 Å². The van der Waals surface area contributed by atoms with E-state index >= 15 is 0 Å². The van der Waals surface area contributed by atoms with E-state index in [1.165, 1.54) is 5.56 Å². The molecule has 2 N–H and O–H groups in total. The van der Waals surface area contributed by atoms with E-state index in [0.717, 1.165) is 63.6 Å². The van der Waals surface area contributed by atoms with Crippen molar-refractivity contribution in [3.63, 3.8) is 0 Å². The number of benzene rings is 1. The van der Waals surface area contributed by atoms with Crippen LogP contribution >= 0.6 is 0 Å². The first-order valence-corrected chi connectivity index (χ1v) is 9.31. The standard InChI is InChI=1S/C19H30N4O2/c1-15(14-23-9-7-22(2)8-10-23)13-20-19(24)21-17-5-6-18-16(12-17)4-3-11-25-18/h5-6,12,15H,3-4,7-11,13-14H2,1-2H3,(H2,20,21,24)/t15-/m0/s1. The molecular weight excluding hydrogens is 316 g/mol. The molecule has 2 heterocycles. The number of fused-ring (bicyclic) bond motifs is 1. The Balaban J connectivity index is 1.40. The number of carbonyl (C=O) groups is 1. The van der Waals surface area contributed by atoms with Gasteiger partial charge in [0.05, 0.1) is 6.61 Å². The molecule has 1 aromatic carbocycles. The van der Waals surface area contributed by atoms with Crippen molar-refractivity contribution in [3.05, 3.63) is 23.8 Å². The van der Waals surface area contributed by atoms with Crippen molar-refractivity contribution in [3.8, 4) is 5.75 Å². The minimum Gasteiger partial charge on any atom is -0.493 e. The molecule has 6 nitrogen and oxygen atoms in total. The summed E-state index contributed by atoms with van der Waals surface area (Å²) in [5.41, 5.74) is 2.00. The van der Waals surface area contributed by atoms with Crippen LogP contribution in [0.5, 0.6) is 5.75 Å². The first kappa shape index (κ1) is 18.0. The topological polar surface area (TPSA) is 56.8 Å². The first-order valence-electron chi connectivity index (χ1n) is 9.31. The maximum atomic E-state index is 12.1. The maximum Gasteiger partial charge on any atom is 0.319 e. The predicted molar refractivity (Wildman–Crippen MR) is 100 cm³/mol. The van der Waals surface area contributed by atoms with Crippen LogP contribution in [0.2, 0.25) is 0 Å². The molecule has 0 unspecified atom stereocenters. The van der Waals surface area contributed by atoms with Gasteiger partial charge in [-0.05, 0) is 49.6 Å². The number of hydrogen-bond acceptors (Lipinski definition) is 4. The number of urea groups is 1. The van der Waals surface area contributed by atoms with E-state index in [1.54, 1.807) is 0 Å². The van der Waals surface area contributed by atoms with Gasteiger partial charge in [0.2, 0.25) is 0 Å². The molecular formula is C19H30N4O2. The fraction of sp³-hybridized carbons (Fsp3) is 0.632. The Morgan fingerprint density at radius 3 is 2.88 bits per heavy atom. The summed E-state index contributed by atoms with van der Waals surface area (Å²) in [7, 11) is 2.17. The lowest BCUT2D eigenvalue weighted by atomic mass is 10.1. The zero-order valence-electron chi connectivity index (χ0n) is 15.4. The lowest BCUT2D eigenvalue weighted by Gasteiger charge is -2.33. The Kier molecular flexibility index (Phi) is 6.15. The number of anilines is 1. The van der Waals surface area contributed by atoms with Gasteiger partial charge in [-0.3, -0.25) is 0 Å². The van der Waals surface area contributed by atoms with Gasteiger partial charge in [0.1, 0.15) is 5.75 Å². The summed E-state index contributed by atoms with van der Waals surface area (Å²) < 4.78 is 5.61. The van der Waals surface area contributed by atoms with Gasteiger partial charge in [-0.15, -0.1) is 0 Å². The highest BCUT2D eigenvalue weighted by atomic mass is 16.5. The smallest absolute Gasteiger partial charge is 0.319 e. The Labute approximate surface area is 150 Å². The number of nitrogens with zero attached hydrogens (tertiary/aromatic N) is 2. The molecule has 1 fully saturated rings. The number of hydrogen-bond donors (Lipinski definition) is 2. The van der Waals surface area contributed by atoms with Crippen molar-refractivity contribution in [1.29, 1.82) is 0 Å². The van der Waals surface area contributed by atoms with Crippen molar-refractivity contribution < 1.29 is 9.53 Å². The quantitative estimate of drug-likeness (QED) is 0.856. The molecule has 0 saturated carbocycles. The van der Waals surface area contributed by atoms with E-state index in [1.807, 2.05) is 18.2 Å². The summed E-state index contributed by atoms with van der Waals surface area (Å²) in [6.45, 7) is 9.18. The summed E-state index contributed by atoms with van der Waals surface area (Å²) in [6.07, 6.45) is 2.04. The molecule has 2 amide bonds. The lowest BCUT2D eigenvalue weighted by molar-refractivity contribution is 0.138. The molecule has 0 bridgehead atoms. The number of piperazine rings is 1. The van der Waals surface area contributed by atoms with Crippen molar-refractivity contribution >= 4 is 11.7 Å². The molecule has 1 atom stereocenters. The lowest BCUT2D eigenvalue weighted by Crippen LogP contribution is -2.47. The van der Waals surface area contributed by atoms with Gasteiger partial charge in [-0.1, -0.05) is 6.92 Å². The molecule has 138 valence electrons. The van der Waals surface area contributed by atoms with Crippen LogP contribution in [0.3, 0.4) is 0 Å². The Hall–Kier alpha value is -1.79. The fourth-order valence-electron chi connectivity index (χ4n) is 3.42. The third-order valence-corrected chi connectivity index (χ3v) is 4.94. The Bertz CT molecular complexity index is 585. The van der Waals surface area contributed by atoms with Crippen LogP contribution < -0.4 is 15.4 Å². The molecule has 1 saturated heterocycles. The number of likely N-dealkylation sites (N-methyl/N-ethyl adjacent to an activating group) is 1. The Morgan fingerprint density at radius 2 is 2.08 bits per heavy atom. The minimum atomic E-state index is -0.137. The normalized spacial score (nSPS) is 19.6. The molecule has 0 aromatic heterocycles. The average Bonchev–Trinajstić information content (AvgIpc) is 2.62. The fourth-order valence-corrected chi connectivity index (χ4v) is 3.42. The number of aryl methyl sites for hydroxylation is 1. The largest absolute Gasteiger partial charge is 0.493 e. The zero-order valence-corrected chi connectivity index (χ0v) is 15.4. The van der Waals surface area contributed by atoms with Crippen LogP contribution in [0.4, 0.5) is 10.5 Å². The summed E-state index contributed by atoms with van der Waals surface area (Å²) in [5.74, 6) is 1.38. The molecule has 0 radical (unpaired) electrons. The first-order chi connectivity index (χ1) is 12.1. The van der Waals surface area contributed by atoms with Crippen LogP contribution in [0.1, 0.15) is 18.9 Å². The van der Waals surface area contributed by atoms with E-state index in [4.69, 9.17) is 4.74 Å². The second-order valence-electron chi connectivity index (χ2n) is 7.32. The van der Waals surface area contributed by atoms with Crippen molar-refractivity contribution in [2.75, 3.05) is 58.2 Å². The van der Waals surface area contributed by atoms with Gasteiger partial charge in [0, 0.05) is 45.0 Å². The van der Waals surface area contributed by atoms with E-state index in [9.17, 15) is 4.79 Å². The third kappa shape index (κ3) is 5.34. The molecule has 2 aliphatic rings. The molecule has 25 heavy (non-hydrogen) atoms. The second-order valence-corrected chi connectivity index (χ2v) is 7.32. The van der Waals surface area contributed by atoms with E-state index in [2.05, 4.69) is 34.4 Å². The molecule has 0 spiro atoms. The van der Waals surface area contributed by atoms with Gasteiger partial charge in [-0.25, -0.2) is 4.79 Å². The highest BCUT2D eigenvalue weighted by Gasteiger charge is 2.17. The number of carbonyl (C=O) groups excluding carboxylic acids is 1. The number of rotatable bonds is 5. The molecule has 2 aliphatic heterocycles. The molecule has 3 rings (SSSR count). The summed E-state index contributed by atoms with van der Waals surface area (Å²) >= 11 is 0. The van der Waals surface area contributed by atoms with Crippen LogP contribution in [-0.2, 0) is 6.42 Å². The second kappa shape index (κ2) is 8.54. The summed E-state index contributed by atoms with van der Waals surface area (Å²) in [5, 5.41) is 5.92. The number of nitrogens with one attached hydrogen (secondary N) is 2. The predicted octanol–water partition coefficient (Wildman–Crippen LogP) is 2.02. The molecule has 0 aliphatic carbocycles. The average molecular weight is 346 g/mol. The van der Waals surface area contributed by atoms with Gasteiger partial charge >= 0.3 is 6.03 Å².